The van der Waals surface area contributed by atoms with Crippen LogP contribution in [0.5, 0.6) is 5.75 Å². The van der Waals surface area contributed by atoms with E-state index in [0.717, 1.165) is 11.1 Å². The molecule has 0 heterocycles. The number of nitrogens with one attached hydrogen (secondary N) is 1. The van der Waals surface area contributed by atoms with Gasteiger partial charge in [-0.1, -0.05) is 41.4 Å². The molecule has 0 aliphatic carbocycles. The van der Waals surface area contributed by atoms with Crippen molar-refractivity contribution in [3.8, 4) is 5.75 Å². The summed E-state index contributed by atoms with van der Waals surface area (Å²) >= 11 is 6.16. The van der Waals surface area contributed by atoms with Gasteiger partial charge in [-0.25, -0.2) is 0 Å². The van der Waals surface area contributed by atoms with Crippen LogP contribution in [0, 0.1) is 6.92 Å². The summed E-state index contributed by atoms with van der Waals surface area (Å²) in [6.07, 6.45) is 0. The van der Waals surface area contributed by atoms with Crippen molar-refractivity contribution in [2.24, 2.45) is 5.73 Å². The lowest BCUT2D eigenvalue weighted by Gasteiger charge is -2.14. The number of halogens is 1. The Morgan fingerprint density at radius 1 is 1.21 bits per heavy atom. The fourth-order valence-corrected chi connectivity index (χ4v) is 2.31. The van der Waals surface area contributed by atoms with Crippen LogP contribution in [0.25, 0.3) is 0 Å². The molecule has 0 aromatic heterocycles. The number of hydrogen-bond acceptors (Lipinski definition) is 4. The number of rotatable bonds is 7. The molecule has 0 aliphatic heterocycles. The van der Waals surface area contributed by atoms with Crippen molar-refractivity contribution in [1.29, 1.82) is 0 Å². The largest absolute Gasteiger partial charge is 0.490 e. The first kappa shape index (κ1) is 18.3. The van der Waals surface area contributed by atoms with Gasteiger partial charge in [0, 0.05) is 12.8 Å². The highest BCUT2D eigenvalue weighted by Gasteiger charge is 2.16. The molecular weight excluding hydrogens is 328 g/mol. The van der Waals surface area contributed by atoms with Gasteiger partial charge in [0.1, 0.15) is 18.4 Å². The molecule has 2 rings (SSSR count). The van der Waals surface area contributed by atoms with Crippen LogP contribution >= 0.6 is 11.6 Å². The second kappa shape index (κ2) is 8.68. The molecule has 3 N–H and O–H groups in total. The average molecular weight is 349 g/mol. The maximum absolute atomic E-state index is 12.3. The predicted octanol–water partition coefficient (Wildman–Crippen LogP) is 3.31. The number of carbonyl (C=O) groups excluding carboxylic acids is 1. The van der Waals surface area contributed by atoms with E-state index < -0.39 is 6.04 Å². The zero-order valence-electron chi connectivity index (χ0n) is 13.7. The molecule has 6 heteroatoms. The summed E-state index contributed by atoms with van der Waals surface area (Å²) in [5.74, 6) is 0.234. The number of carbonyl (C=O) groups is 1. The summed E-state index contributed by atoms with van der Waals surface area (Å²) in [6, 6.07) is 11.8. The number of aryl methyl sites for hydroxylation is 1. The topological polar surface area (TPSA) is 73.6 Å². The van der Waals surface area contributed by atoms with Gasteiger partial charge in [-0.05, 0) is 30.7 Å². The summed E-state index contributed by atoms with van der Waals surface area (Å²) in [5, 5.41) is 3.17. The molecule has 5 nitrogen and oxygen atoms in total. The maximum atomic E-state index is 12.3. The third kappa shape index (κ3) is 4.96. The lowest BCUT2D eigenvalue weighted by Crippen LogP contribution is -2.27. The maximum Gasteiger partial charge on any atom is 0.245 e. The van der Waals surface area contributed by atoms with E-state index >= 15 is 0 Å². The number of anilines is 1. The molecule has 0 aliphatic rings. The molecule has 0 saturated carbocycles. The highest BCUT2D eigenvalue weighted by Crippen LogP contribution is 2.28. The van der Waals surface area contributed by atoms with Crippen LogP contribution in [0.15, 0.2) is 42.5 Å². The molecule has 1 atom stereocenters. The van der Waals surface area contributed by atoms with E-state index in [1.165, 1.54) is 0 Å². The van der Waals surface area contributed by atoms with E-state index in [1.54, 1.807) is 25.3 Å². The minimum absolute atomic E-state index is 0.303. The number of nitrogens with two attached hydrogens (primary N) is 1. The molecule has 24 heavy (non-hydrogen) atoms. The van der Waals surface area contributed by atoms with Crippen molar-refractivity contribution in [3.05, 3.63) is 58.6 Å². The molecule has 1 amide bonds. The van der Waals surface area contributed by atoms with E-state index in [1.807, 2.05) is 31.2 Å². The van der Waals surface area contributed by atoms with Gasteiger partial charge in [0.05, 0.1) is 11.6 Å². The van der Waals surface area contributed by atoms with Crippen molar-refractivity contribution in [3.63, 3.8) is 0 Å². The van der Waals surface area contributed by atoms with Crippen LogP contribution in [0.4, 0.5) is 5.69 Å². The number of benzene rings is 2. The molecule has 0 fully saturated rings. The normalized spacial score (nSPS) is 11.8. The van der Waals surface area contributed by atoms with Crippen molar-refractivity contribution in [2.45, 2.75) is 13.0 Å². The van der Waals surface area contributed by atoms with Gasteiger partial charge >= 0.3 is 0 Å². The van der Waals surface area contributed by atoms with Crippen molar-refractivity contribution in [1.82, 2.24) is 0 Å². The number of methoxy groups -OCH3 is 1. The van der Waals surface area contributed by atoms with Crippen molar-refractivity contribution >= 4 is 23.2 Å². The molecule has 128 valence electrons. The highest BCUT2D eigenvalue weighted by atomic mass is 35.5. The first-order valence-corrected chi connectivity index (χ1v) is 7.93. The van der Waals surface area contributed by atoms with Gasteiger partial charge in [0.15, 0.2) is 0 Å². The summed E-state index contributed by atoms with van der Waals surface area (Å²) in [6.45, 7) is 2.86. The van der Waals surface area contributed by atoms with Crippen molar-refractivity contribution < 1.29 is 14.3 Å². The molecule has 2 aromatic rings. The fraction of sp³-hybridized carbons (Fsp3) is 0.278. The Labute approximate surface area is 146 Å². The lowest BCUT2D eigenvalue weighted by molar-refractivity contribution is -0.117. The second-order valence-corrected chi connectivity index (χ2v) is 5.77. The van der Waals surface area contributed by atoms with E-state index in [0.29, 0.717) is 29.7 Å². The first-order valence-electron chi connectivity index (χ1n) is 7.55. The molecule has 0 spiro atoms. The third-order valence-corrected chi connectivity index (χ3v) is 3.76. The van der Waals surface area contributed by atoms with Gasteiger partial charge in [-0.2, -0.15) is 0 Å². The monoisotopic (exact) mass is 348 g/mol. The molecule has 1 unspecified atom stereocenters. The molecular formula is C18H21ClN2O3. The fourth-order valence-electron chi connectivity index (χ4n) is 2.08. The molecule has 0 saturated heterocycles. The Morgan fingerprint density at radius 2 is 1.92 bits per heavy atom. The number of ether oxygens (including phenoxy) is 2. The van der Waals surface area contributed by atoms with Crippen LogP contribution < -0.4 is 15.8 Å². The lowest BCUT2D eigenvalue weighted by atomic mass is 10.1. The van der Waals surface area contributed by atoms with Gasteiger partial charge < -0.3 is 20.5 Å². The Bertz CT molecular complexity index is 689. The van der Waals surface area contributed by atoms with E-state index in [4.69, 9.17) is 26.8 Å². The first-order chi connectivity index (χ1) is 11.5. The molecule has 0 radical (unpaired) electrons. The van der Waals surface area contributed by atoms with E-state index in [9.17, 15) is 4.79 Å². The van der Waals surface area contributed by atoms with Crippen LogP contribution in [0.2, 0.25) is 5.02 Å². The smallest absolute Gasteiger partial charge is 0.245 e. The minimum atomic E-state index is -0.748. The summed E-state index contributed by atoms with van der Waals surface area (Å²) in [4.78, 5) is 12.3. The zero-order chi connectivity index (χ0) is 17.5. The van der Waals surface area contributed by atoms with Gasteiger partial charge in [-0.3, -0.25) is 4.79 Å². The van der Waals surface area contributed by atoms with Crippen molar-refractivity contribution in [2.75, 3.05) is 25.6 Å². The standard InChI is InChI=1S/C18H21ClN2O3/c1-12-3-5-13(6-4-12)17(20)18(22)21-14-7-8-16(15(19)11-14)24-10-9-23-2/h3-8,11,17H,9-10,20H2,1-2H3,(H,21,22). The van der Waals surface area contributed by atoms with E-state index in [2.05, 4.69) is 5.32 Å². The van der Waals surface area contributed by atoms with E-state index in [-0.39, 0.29) is 5.91 Å². The number of hydrogen-bond donors (Lipinski definition) is 2. The average Bonchev–Trinajstić information content (AvgIpc) is 2.57. The number of amides is 1. The third-order valence-electron chi connectivity index (χ3n) is 3.46. The Balaban J connectivity index is 2.00. The Hall–Kier alpha value is -2.08. The summed E-state index contributed by atoms with van der Waals surface area (Å²) < 4.78 is 10.4. The SMILES string of the molecule is COCCOc1ccc(NC(=O)C(N)c2ccc(C)cc2)cc1Cl. The summed E-state index contributed by atoms with van der Waals surface area (Å²) in [5.41, 5.74) is 8.43. The highest BCUT2D eigenvalue weighted by molar-refractivity contribution is 6.32. The van der Waals surface area contributed by atoms with Crippen LogP contribution in [-0.2, 0) is 9.53 Å². The van der Waals surface area contributed by atoms with Gasteiger partial charge in [0.2, 0.25) is 5.91 Å². The summed E-state index contributed by atoms with van der Waals surface area (Å²) in [7, 11) is 1.60. The van der Waals surface area contributed by atoms with Crippen LogP contribution in [0.3, 0.4) is 0 Å². The quantitative estimate of drug-likeness (QED) is 0.753. The van der Waals surface area contributed by atoms with Crippen LogP contribution in [0.1, 0.15) is 17.2 Å². The Kier molecular flexibility index (Phi) is 6.61. The minimum Gasteiger partial charge on any atom is -0.490 e. The van der Waals surface area contributed by atoms with Crippen LogP contribution in [-0.4, -0.2) is 26.2 Å². The Morgan fingerprint density at radius 3 is 2.54 bits per heavy atom. The second-order valence-electron chi connectivity index (χ2n) is 5.36. The zero-order valence-corrected chi connectivity index (χ0v) is 14.5. The van der Waals surface area contributed by atoms with Gasteiger partial charge in [-0.15, -0.1) is 0 Å². The molecule has 2 aromatic carbocycles. The predicted molar refractivity (Wildman–Crippen MR) is 95.6 cm³/mol. The molecule has 0 bridgehead atoms. The van der Waals surface area contributed by atoms with Gasteiger partial charge in [0.25, 0.3) is 0 Å².